The molecule has 1 aromatic carbocycles. The fraction of sp³-hybridized carbons (Fsp3) is 0.273. The summed E-state index contributed by atoms with van der Waals surface area (Å²) < 4.78 is 10.9. The smallest absolute Gasteiger partial charge is 0.179 e. The van der Waals surface area contributed by atoms with Gasteiger partial charge in [0.25, 0.3) is 0 Å². The Hall–Kier alpha value is -1.19. The van der Waals surface area contributed by atoms with Gasteiger partial charge in [-0.15, -0.1) is 0 Å². The number of hydrogen-bond donors (Lipinski definition) is 1. The molecule has 0 amide bonds. The molecule has 0 bridgehead atoms. The van der Waals surface area contributed by atoms with Crippen molar-refractivity contribution in [2.45, 2.75) is 0 Å². The summed E-state index contributed by atoms with van der Waals surface area (Å²) in [4.78, 5) is 0. The van der Waals surface area contributed by atoms with Crippen molar-refractivity contribution in [3.63, 3.8) is 0 Å². The van der Waals surface area contributed by atoms with Gasteiger partial charge >= 0.3 is 0 Å². The first-order chi connectivity index (χ1) is 7.31. The Morgan fingerprint density at radius 2 is 2.13 bits per heavy atom. The van der Waals surface area contributed by atoms with Gasteiger partial charge in [0.2, 0.25) is 0 Å². The van der Waals surface area contributed by atoms with Gasteiger partial charge in [0.15, 0.2) is 11.5 Å². The summed E-state index contributed by atoms with van der Waals surface area (Å²) >= 11 is 6.06. The molecule has 0 fully saturated rings. The Balaban J connectivity index is 2.36. The minimum atomic E-state index is 0.506. The van der Waals surface area contributed by atoms with Crippen LogP contribution in [0.15, 0.2) is 18.2 Å². The van der Waals surface area contributed by atoms with E-state index in [9.17, 15) is 0 Å². The molecule has 1 aromatic rings. The van der Waals surface area contributed by atoms with Crippen molar-refractivity contribution >= 4 is 17.7 Å². The summed E-state index contributed by atoms with van der Waals surface area (Å²) in [6, 6.07) is 3.73. The third-order valence-electron chi connectivity index (χ3n) is 2.07. The highest BCUT2D eigenvalue weighted by Gasteiger charge is 2.15. The van der Waals surface area contributed by atoms with Crippen LogP contribution in [0.5, 0.6) is 11.5 Å². The van der Waals surface area contributed by atoms with E-state index in [0.29, 0.717) is 36.3 Å². The van der Waals surface area contributed by atoms with Crippen LogP contribution in [-0.2, 0) is 0 Å². The largest absolute Gasteiger partial charge is 0.486 e. The van der Waals surface area contributed by atoms with Crippen molar-refractivity contribution in [3.05, 3.63) is 28.8 Å². The molecule has 0 aliphatic carbocycles. The topological polar surface area (TPSA) is 44.5 Å². The van der Waals surface area contributed by atoms with E-state index in [4.69, 9.17) is 26.8 Å². The summed E-state index contributed by atoms with van der Waals surface area (Å²) in [6.45, 7) is 1.62. The molecule has 0 saturated heterocycles. The van der Waals surface area contributed by atoms with Gasteiger partial charge in [0, 0.05) is 6.54 Å². The van der Waals surface area contributed by atoms with Gasteiger partial charge in [-0.3, -0.25) is 0 Å². The number of benzene rings is 1. The van der Waals surface area contributed by atoms with Crippen LogP contribution >= 0.6 is 11.6 Å². The molecule has 4 heteroatoms. The normalized spacial score (nSPS) is 14.5. The Morgan fingerprint density at radius 1 is 1.33 bits per heavy atom. The molecular formula is C11H12ClNO2. The number of rotatable bonds is 2. The molecule has 80 valence electrons. The van der Waals surface area contributed by atoms with E-state index in [1.54, 1.807) is 0 Å². The van der Waals surface area contributed by atoms with Crippen LogP contribution in [0, 0.1) is 0 Å². The first kappa shape index (κ1) is 10.3. The average molecular weight is 226 g/mol. The highest BCUT2D eigenvalue weighted by Crippen LogP contribution is 2.38. The van der Waals surface area contributed by atoms with Crippen LogP contribution in [0.3, 0.4) is 0 Å². The lowest BCUT2D eigenvalue weighted by atomic mass is 10.2. The molecule has 0 spiro atoms. The molecule has 1 aliphatic rings. The summed E-state index contributed by atoms with van der Waals surface area (Å²) in [7, 11) is 0. The molecule has 0 unspecified atom stereocenters. The molecule has 0 aromatic heterocycles. The zero-order valence-electron chi connectivity index (χ0n) is 8.20. The second-order valence-corrected chi connectivity index (χ2v) is 3.57. The van der Waals surface area contributed by atoms with Crippen LogP contribution in [0.4, 0.5) is 0 Å². The molecular weight excluding hydrogens is 214 g/mol. The standard InChI is InChI=1S/C11H12ClNO2/c12-9-6-8(2-1-3-13)7-10-11(9)15-5-4-14-10/h1-2,6-7H,3-5,13H2. The summed E-state index contributed by atoms with van der Waals surface area (Å²) in [5.74, 6) is 1.33. The van der Waals surface area contributed by atoms with Crippen LogP contribution < -0.4 is 15.2 Å². The maximum Gasteiger partial charge on any atom is 0.179 e. The number of ether oxygens (including phenoxy) is 2. The molecule has 2 N–H and O–H groups in total. The third kappa shape index (κ3) is 2.25. The fourth-order valence-corrected chi connectivity index (χ4v) is 1.70. The minimum Gasteiger partial charge on any atom is -0.486 e. The number of hydrogen-bond acceptors (Lipinski definition) is 3. The predicted molar refractivity (Wildman–Crippen MR) is 60.5 cm³/mol. The monoisotopic (exact) mass is 225 g/mol. The molecule has 15 heavy (non-hydrogen) atoms. The van der Waals surface area contributed by atoms with Gasteiger partial charge in [-0.2, -0.15) is 0 Å². The van der Waals surface area contributed by atoms with Crippen molar-refractivity contribution in [2.24, 2.45) is 5.73 Å². The maximum atomic E-state index is 6.06. The first-order valence-corrected chi connectivity index (χ1v) is 5.15. The van der Waals surface area contributed by atoms with Crippen LogP contribution in [-0.4, -0.2) is 19.8 Å². The van der Waals surface area contributed by atoms with Gasteiger partial charge in [-0.05, 0) is 17.7 Å². The van der Waals surface area contributed by atoms with Crippen LogP contribution in [0.1, 0.15) is 5.56 Å². The molecule has 2 rings (SSSR count). The second-order valence-electron chi connectivity index (χ2n) is 3.16. The van der Waals surface area contributed by atoms with Gasteiger partial charge in [-0.25, -0.2) is 0 Å². The van der Waals surface area contributed by atoms with E-state index in [0.717, 1.165) is 5.56 Å². The van der Waals surface area contributed by atoms with Crippen molar-refractivity contribution in [2.75, 3.05) is 19.8 Å². The Kier molecular flexibility index (Phi) is 3.14. The lowest BCUT2D eigenvalue weighted by Gasteiger charge is -2.19. The predicted octanol–water partition coefficient (Wildman–Crippen LogP) is 2.08. The Morgan fingerprint density at radius 3 is 2.93 bits per heavy atom. The van der Waals surface area contributed by atoms with E-state index in [1.807, 2.05) is 24.3 Å². The number of halogens is 1. The molecule has 1 heterocycles. The lowest BCUT2D eigenvalue weighted by Crippen LogP contribution is -2.15. The second kappa shape index (κ2) is 4.55. The van der Waals surface area contributed by atoms with Crippen molar-refractivity contribution in [3.8, 4) is 11.5 Å². The Labute approximate surface area is 93.4 Å². The molecule has 0 radical (unpaired) electrons. The number of nitrogens with two attached hydrogens (primary N) is 1. The molecule has 0 saturated carbocycles. The summed E-state index contributed by atoms with van der Waals surface area (Å²) in [6.07, 6.45) is 3.77. The van der Waals surface area contributed by atoms with Crippen molar-refractivity contribution in [1.82, 2.24) is 0 Å². The maximum absolute atomic E-state index is 6.06. The van der Waals surface area contributed by atoms with E-state index in [-0.39, 0.29) is 0 Å². The highest BCUT2D eigenvalue weighted by atomic mass is 35.5. The summed E-state index contributed by atoms with van der Waals surface area (Å²) in [5, 5.41) is 0.573. The quantitative estimate of drug-likeness (QED) is 0.838. The molecule has 0 atom stereocenters. The van der Waals surface area contributed by atoms with Crippen LogP contribution in [0.2, 0.25) is 5.02 Å². The van der Waals surface area contributed by atoms with E-state index in [1.165, 1.54) is 0 Å². The molecule has 1 aliphatic heterocycles. The number of fused-ring (bicyclic) bond motifs is 1. The zero-order valence-corrected chi connectivity index (χ0v) is 8.96. The minimum absolute atomic E-state index is 0.506. The fourth-order valence-electron chi connectivity index (χ4n) is 1.43. The van der Waals surface area contributed by atoms with Gasteiger partial charge in [-0.1, -0.05) is 23.8 Å². The van der Waals surface area contributed by atoms with Crippen LogP contribution in [0.25, 0.3) is 6.08 Å². The lowest BCUT2D eigenvalue weighted by molar-refractivity contribution is 0.171. The van der Waals surface area contributed by atoms with Crippen molar-refractivity contribution < 1.29 is 9.47 Å². The zero-order chi connectivity index (χ0) is 10.7. The van der Waals surface area contributed by atoms with Gasteiger partial charge < -0.3 is 15.2 Å². The van der Waals surface area contributed by atoms with E-state index in [2.05, 4.69) is 0 Å². The van der Waals surface area contributed by atoms with E-state index >= 15 is 0 Å². The average Bonchev–Trinajstić information content (AvgIpc) is 2.26. The molecule has 3 nitrogen and oxygen atoms in total. The van der Waals surface area contributed by atoms with Gasteiger partial charge in [0.05, 0.1) is 5.02 Å². The van der Waals surface area contributed by atoms with Gasteiger partial charge in [0.1, 0.15) is 13.2 Å². The van der Waals surface area contributed by atoms with E-state index < -0.39 is 0 Å². The first-order valence-electron chi connectivity index (χ1n) is 4.77. The van der Waals surface area contributed by atoms with Crippen molar-refractivity contribution in [1.29, 1.82) is 0 Å². The SMILES string of the molecule is NCC=Cc1cc(Cl)c2c(c1)OCCO2. The Bertz CT molecular complexity index is 390. The highest BCUT2D eigenvalue weighted by molar-refractivity contribution is 6.32. The third-order valence-corrected chi connectivity index (χ3v) is 2.35. The summed E-state index contributed by atoms with van der Waals surface area (Å²) in [5.41, 5.74) is 6.34.